The van der Waals surface area contributed by atoms with Crippen molar-refractivity contribution in [1.29, 1.82) is 0 Å². The van der Waals surface area contributed by atoms with Crippen molar-refractivity contribution in [2.75, 3.05) is 13.1 Å². The van der Waals surface area contributed by atoms with Crippen molar-refractivity contribution in [3.05, 3.63) is 88.7 Å². The number of carbonyl (C=O) groups is 2. The van der Waals surface area contributed by atoms with Gasteiger partial charge in [-0.1, -0.05) is 34.1 Å². The molecule has 4 rings (SSSR count). The first kappa shape index (κ1) is 21.1. The molecule has 1 N–H and O–H groups in total. The van der Waals surface area contributed by atoms with E-state index in [0.29, 0.717) is 48.6 Å². The Morgan fingerprint density at radius 3 is 2.58 bits per heavy atom. The number of likely N-dealkylation sites (tertiary alicyclic amines) is 1. The Bertz CT molecular complexity index is 1070. The molecule has 158 valence electrons. The number of nitrogens with one attached hydrogen (secondary N) is 1. The molecule has 0 unspecified atom stereocenters. The summed E-state index contributed by atoms with van der Waals surface area (Å²) in [5.74, 6) is 0.984. The third kappa shape index (κ3) is 5.30. The number of hydrogen-bond donors (Lipinski definition) is 1. The average molecular weight is 480 g/mol. The summed E-state index contributed by atoms with van der Waals surface area (Å²) in [6.07, 6.45) is 4.59. The number of para-hydroxylation sites is 1. The van der Waals surface area contributed by atoms with E-state index in [1.54, 1.807) is 36.7 Å². The van der Waals surface area contributed by atoms with Gasteiger partial charge in [-0.25, -0.2) is 0 Å². The van der Waals surface area contributed by atoms with Crippen LogP contribution in [0.25, 0.3) is 0 Å². The molecule has 1 saturated heterocycles. The van der Waals surface area contributed by atoms with E-state index in [2.05, 4.69) is 26.2 Å². The first-order valence-electron chi connectivity index (χ1n) is 10.1. The molecule has 0 radical (unpaired) electrons. The fourth-order valence-electron chi connectivity index (χ4n) is 3.55. The van der Waals surface area contributed by atoms with Crippen LogP contribution in [-0.2, 0) is 0 Å². The van der Waals surface area contributed by atoms with Crippen LogP contribution in [0.3, 0.4) is 0 Å². The molecular formula is C24H22BrN3O3. The summed E-state index contributed by atoms with van der Waals surface area (Å²) in [6, 6.07) is 18.3. The Kier molecular flexibility index (Phi) is 6.62. The normalized spacial score (nSPS) is 14.2. The van der Waals surface area contributed by atoms with Gasteiger partial charge in [0.2, 0.25) is 0 Å². The van der Waals surface area contributed by atoms with E-state index in [-0.39, 0.29) is 17.9 Å². The second-order valence-corrected chi connectivity index (χ2v) is 8.25. The van der Waals surface area contributed by atoms with Crippen molar-refractivity contribution in [2.24, 2.45) is 0 Å². The van der Waals surface area contributed by atoms with Crippen molar-refractivity contribution >= 4 is 27.7 Å². The van der Waals surface area contributed by atoms with Crippen molar-refractivity contribution < 1.29 is 14.3 Å². The van der Waals surface area contributed by atoms with Crippen LogP contribution in [0.15, 0.2) is 77.5 Å². The molecule has 0 bridgehead atoms. The van der Waals surface area contributed by atoms with Crippen LogP contribution < -0.4 is 10.1 Å². The van der Waals surface area contributed by atoms with E-state index in [0.717, 1.165) is 4.47 Å². The Labute approximate surface area is 189 Å². The lowest BCUT2D eigenvalue weighted by Gasteiger charge is -2.32. The van der Waals surface area contributed by atoms with Crippen LogP contribution in [0.4, 0.5) is 0 Å². The number of benzene rings is 2. The number of aromatic nitrogens is 1. The molecule has 1 aliphatic rings. The molecule has 1 aromatic heterocycles. The van der Waals surface area contributed by atoms with Gasteiger partial charge in [0.25, 0.3) is 11.8 Å². The predicted octanol–water partition coefficient (Wildman–Crippen LogP) is 4.67. The molecular weight excluding hydrogens is 458 g/mol. The number of nitrogens with zero attached hydrogens (tertiary/aromatic N) is 2. The molecule has 2 heterocycles. The maximum absolute atomic E-state index is 13.2. The number of ether oxygens (including phenoxy) is 1. The Balaban J connectivity index is 1.38. The molecule has 6 nitrogen and oxygen atoms in total. The number of piperidine rings is 1. The monoisotopic (exact) mass is 479 g/mol. The van der Waals surface area contributed by atoms with E-state index >= 15 is 0 Å². The molecule has 31 heavy (non-hydrogen) atoms. The fraction of sp³-hybridized carbons (Fsp3) is 0.208. The maximum Gasteiger partial charge on any atom is 0.257 e. The second-order valence-electron chi connectivity index (χ2n) is 7.34. The molecule has 1 aliphatic heterocycles. The topological polar surface area (TPSA) is 71.5 Å². The van der Waals surface area contributed by atoms with Gasteiger partial charge in [0.15, 0.2) is 0 Å². The SMILES string of the molecule is O=C(NC1CCN(C(=O)c2ccccc2Oc2cccc(Br)c2)CC1)c1cccnc1. The largest absolute Gasteiger partial charge is 0.456 e. The molecule has 1 fully saturated rings. The maximum atomic E-state index is 13.2. The lowest BCUT2D eigenvalue weighted by Crippen LogP contribution is -2.46. The number of carbonyl (C=O) groups excluding carboxylic acids is 2. The van der Waals surface area contributed by atoms with E-state index in [1.165, 1.54) is 0 Å². The molecule has 0 aliphatic carbocycles. The summed E-state index contributed by atoms with van der Waals surface area (Å²) >= 11 is 3.43. The molecule has 2 aromatic carbocycles. The number of pyridine rings is 1. The van der Waals surface area contributed by atoms with Gasteiger partial charge in [-0.2, -0.15) is 0 Å². The highest BCUT2D eigenvalue weighted by Crippen LogP contribution is 2.28. The quantitative estimate of drug-likeness (QED) is 0.576. The molecule has 7 heteroatoms. The molecule has 0 atom stereocenters. The van der Waals surface area contributed by atoms with E-state index in [4.69, 9.17) is 4.74 Å². The summed E-state index contributed by atoms with van der Waals surface area (Å²) in [4.78, 5) is 31.3. The Hall–Kier alpha value is -3.19. The van der Waals surface area contributed by atoms with Crippen LogP contribution in [0.1, 0.15) is 33.6 Å². The summed E-state index contributed by atoms with van der Waals surface area (Å²) in [5, 5.41) is 3.04. The van der Waals surface area contributed by atoms with E-state index in [1.807, 2.05) is 41.3 Å². The van der Waals surface area contributed by atoms with Crippen molar-refractivity contribution in [2.45, 2.75) is 18.9 Å². The minimum absolute atomic E-state index is 0.0323. The van der Waals surface area contributed by atoms with Gasteiger partial charge >= 0.3 is 0 Å². The number of halogens is 1. The number of rotatable bonds is 5. The highest BCUT2D eigenvalue weighted by molar-refractivity contribution is 9.10. The van der Waals surface area contributed by atoms with Gasteiger partial charge in [0.05, 0.1) is 11.1 Å². The first-order valence-corrected chi connectivity index (χ1v) is 10.9. The van der Waals surface area contributed by atoms with Crippen LogP contribution in [0, 0.1) is 0 Å². The van der Waals surface area contributed by atoms with Crippen molar-refractivity contribution in [3.63, 3.8) is 0 Å². The van der Waals surface area contributed by atoms with Gasteiger partial charge in [0, 0.05) is 36.0 Å². The second kappa shape index (κ2) is 9.75. The van der Waals surface area contributed by atoms with Crippen LogP contribution in [-0.4, -0.2) is 40.8 Å². The highest BCUT2D eigenvalue weighted by Gasteiger charge is 2.26. The lowest BCUT2D eigenvalue weighted by molar-refractivity contribution is 0.0695. The first-order chi connectivity index (χ1) is 15.1. The number of hydrogen-bond acceptors (Lipinski definition) is 4. The zero-order chi connectivity index (χ0) is 21.6. The molecule has 3 aromatic rings. The summed E-state index contributed by atoms with van der Waals surface area (Å²) in [5.41, 5.74) is 1.07. The van der Waals surface area contributed by atoms with E-state index in [9.17, 15) is 9.59 Å². The lowest BCUT2D eigenvalue weighted by atomic mass is 10.0. The third-order valence-corrected chi connectivity index (χ3v) is 5.68. The number of amides is 2. The Morgan fingerprint density at radius 2 is 1.84 bits per heavy atom. The van der Waals surface area contributed by atoms with Crippen LogP contribution in [0.5, 0.6) is 11.5 Å². The van der Waals surface area contributed by atoms with Gasteiger partial charge in [-0.3, -0.25) is 14.6 Å². The van der Waals surface area contributed by atoms with Crippen molar-refractivity contribution in [3.8, 4) is 11.5 Å². The molecule has 2 amide bonds. The smallest absolute Gasteiger partial charge is 0.257 e. The van der Waals surface area contributed by atoms with Crippen LogP contribution >= 0.6 is 15.9 Å². The minimum Gasteiger partial charge on any atom is -0.456 e. The van der Waals surface area contributed by atoms with E-state index < -0.39 is 0 Å². The fourth-order valence-corrected chi connectivity index (χ4v) is 3.93. The van der Waals surface area contributed by atoms with Gasteiger partial charge in [-0.05, 0) is 55.3 Å². The predicted molar refractivity (Wildman–Crippen MR) is 121 cm³/mol. The van der Waals surface area contributed by atoms with Crippen LogP contribution in [0.2, 0.25) is 0 Å². The summed E-state index contributed by atoms with van der Waals surface area (Å²) in [7, 11) is 0. The zero-order valence-electron chi connectivity index (χ0n) is 16.8. The minimum atomic E-state index is -0.134. The van der Waals surface area contributed by atoms with Gasteiger partial charge in [0.1, 0.15) is 11.5 Å². The zero-order valence-corrected chi connectivity index (χ0v) is 18.4. The summed E-state index contributed by atoms with van der Waals surface area (Å²) < 4.78 is 6.89. The van der Waals surface area contributed by atoms with Gasteiger partial charge in [-0.15, -0.1) is 0 Å². The molecule has 0 saturated carbocycles. The Morgan fingerprint density at radius 1 is 1.03 bits per heavy atom. The standard InChI is InChI=1S/C24H22BrN3O3/c25-18-6-3-7-20(15-18)31-22-9-2-1-8-21(22)24(30)28-13-10-19(11-14-28)27-23(29)17-5-4-12-26-16-17/h1-9,12,15-16,19H,10-11,13-14H2,(H,27,29). The highest BCUT2D eigenvalue weighted by atomic mass is 79.9. The van der Waals surface area contributed by atoms with Crippen molar-refractivity contribution in [1.82, 2.24) is 15.2 Å². The third-order valence-electron chi connectivity index (χ3n) is 5.18. The van der Waals surface area contributed by atoms with Gasteiger partial charge < -0.3 is 15.0 Å². The molecule has 0 spiro atoms. The average Bonchev–Trinajstić information content (AvgIpc) is 2.80. The summed E-state index contributed by atoms with van der Waals surface area (Å²) in [6.45, 7) is 1.14.